The number of nitriles is 1. The first kappa shape index (κ1) is 13.8. The second kappa shape index (κ2) is 6.54. The van der Waals surface area contributed by atoms with Crippen LogP contribution in [0.5, 0.6) is 5.75 Å². The average molecular weight is 288 g/mol. The van der Waals surface area contributed by atoms with Crippen molar-refractivity contribution in [3.63, 3.8) is 0 Å². The van der Waals surface area contributed by atoms with Crippen LogP contribution in [0.25, 0.3) is 0 Å². The third kappa shape index (κ3) is 3.96. The number of benzene rings is 1. The van der Waals surface area contributed by atoms with Gasteiger partial charge in [-0.1, -0.05) is 0 Å². The molecule has 0 aliphatic rings. The number of nitrogens with two attached hydrogens (primary N) is 1. The minimum atomic E-state index is -0.166. The van der Waals surface area contributed by atoms with Crippen molar-refractivity contribution in [2.24, 2.45) is 0 Å². The molecule has 0 radical (unpaired) electrons. The molecule has 1 aromatic carbocycles. The van der Waals surface area contributed by atoms with E-state index >= 15 is 0 Å². The van der Waals surface area contributed by atoms with Gasteiger partial charge in [-0.25, -0.2) is 4.98 Å². The number of nitrogens with zero attached hydrogens (tertiary/aromatic N) is 2. The minimum absolute atomic E-state index is 0.00302. The zero-order valence-electron chi connectivity index (χ0n) is 10.5. The van der Waals surface area contributed by atoms with Gasteiger partial charge >= 0.3 is 0 Å². The lowest BCUT2D eigenvalue weighted by Gasteiger charge is -2.05. The lowest BCUT2D eigenvalue weighted by molar-refractivity contribution is -0.115. The van der Waals surface area contributed by atoms with E-state index in [1.165, 1.54) is 11.3 Å². The van der Waals surface area contributed by atoms with E-state index in [-0.39, 0.29) is 18.9 Å². The Morgan fingerprint density at radius 1 is 1.45 bits per heavy atom. The van der Waals surface area contributed by atoms with Crippen LogP contribution in [0.4, 0.5) is 10.8 Å². The molecule has 3 N–H and O–H groups in total. The van der Waals surface area contributed by atoms with Gasteiger partial charge < -0.3 is 15.8 Å². The third-order valence-electron chi connectivity index (χ3n) is 2.35. The second-order valence-electron chi connectivity index (χ2n) is 3.87. The van der Waals surface area contributed by atoms with E-state index < -0.39 is 0 Å². The molecule has 6 nitrogen and oxygen atoms in total. The quantitative estimate of drug-likeness (QED) is 0.873. The first-order chi connectivity index (χ1) is 9.67. The molecule has 102 valence electrons. The van der Waals surface area contributed by atoms with Crippen LogP contribution in [-0.2, 0) is 11.2 Å². The second-order valence-corrected chi connectivity index (χ2v) is 4.76. The van der Waals surface area contributed by atoms with Gasteiger partial charge in [-0.2, -0.15) is 5.26 Å². The molecule has 2 aromatic rings. The molecule has 0 saturated heterocycles. The van der Waals surface area contributed by atoms with Crippen molar-refractivity contribution in [1.29, 1.82) is 5.26 Å². The summed E-state index contributed by atoms with van der Waals surface area (Å²) in [6.07, 6.45) is 0.181. The van der Waals surface area contributed by atoms with E-state index in [9.17, 15) is 4.79 Å². The lowest BCUT2D eigenvalue weighted by atomic mass is 10.2. The Morgan fingerprint density at radius 2 is 2.20 bits per heavy atom. The highest BCUT2D eigenvalue weighted by Crippen LogP contribution is 2.16. The number of amides is 1. The number of nitrogen functional groups attached to an aromatic ring is 1. The standard InChI is InChI=1S/C13H12N4O2S/c14-5-6-19-11-3-1-9(2-4-11)16-12(18)7-10-8-20-13(15)17-10/h1-4,8H,6-7H2,(H2,15,17)(H,16,18). The van der Waals surface area contributed by atoms with Crippen LogP contribution in [0.15, 0.2) is 29.6 Å². The molecule has 0 unspecified atom stereocenters. The van der Waals surface area contributed by atoms with E-state index in [2.05, 4.69) is 10.3 Å². The Bertz CT molecular complexity index is 631. The molecule has 1 amide bonds. The van der Waals surface area contributed by atoms with Crippen molar-refractivity contribution in [2.75, 3.05) is 17.7 Å². The highest BCUT2D eigenvalue weighted by molar-refractivity contribution is 7.13. The third-order valence-corrected chi connectivity index (χ3v) is 3.08. The zero-order valence-corrected chi connectivity index (χ0v) is 11.3. The predicted octanol–water partition coefficient (Wildman–Crippen LogP) is 1.81. The summed E-state index contributed by atoms with van der Waals surface area (Å²) in [5, 5.41) is 13.4. The van der Waals surface area contributed by atoms with Gasteiger partial charge in [0.1, 0.15) is 11.8 Å². The maximum atomic E-state index is 11.8. The zero-order chi connectivity index (χ0) is 14.4. The highest BCUT2D eigenvalue weighted by Gasteiger charge is 2.07. The van der Waals surface area contributed by atoms with Crippen molar-refractivity contribution in [2.45, 2.75) is 6.42 Å². The molecule has 0 aliphatic carbocycles. The normalized spacial score (nSPS) is 9.75. The van der Waals surface area contributed by atoms with E-state index in [0.29, 0.717) is 22.3 Å². The Morgan fingerprint density at radius 3 is 2.80 bits per heavy atom. The number of carbonyl (C=O) groups is 1. The SMILES string of the molecule is N#CCOc1ccc(NC(=O)Cc2csc(N)n2)cc1. The van der Waals surface area contributed by atoms with Crippen LogP contribution in [0.3, 0.4) is 0 Å². The molecule has 7 heteroatoms. The maximum Gasteiger partial charge on any atom is 0.230 e. The van der Waals surface area contributed by atoms with Crippen molar-refractivity contribution < 1.29 is 9.53 Å². The Kier molecular flexibility index (Phi) is 4.52. The van der Waals surface area contributed by atoms with Crippen LogP contribution in [0.2, 0.25) is 0 Å². The minimum Gasteiger partial charge on any atom is -0.479 e. The number of hydrogen-bond donors (Lipinski definition) is 2. The molecular weight excluding hydrogens is 276 g/mol. The van der Waals surface area contributed by atoms with E-state index in [1.807, 2.05) is 6.07 Å². The summed E-state index contributed by atoms with van der Waals surface area (Å²) in [5.74, 6) is 0.415. The van der Waals surface area contributed by atoms with Gasteiger partial charge in [-0.15, -0.1) is 11.3 Å². The highest BCUT2D eigenvalue weighted by atomic mass is 32.1. The van der Waals surface area contributed by atoms with Crippen molar-refractivity contribution in [3.8, 4) is 11.8 Å². The average Bonchev–Trinajstić information content (AvgIpc) is 2.83. The van der Waals surface area contributed by atoms with Gasteiger partial charge in [0.25, 0.3) is 0 Å². The Labute approximate surface area is 119 Å². The summed E-state index contributed by atoms with van der Waals surface area (Å²) in [6, 6.07) is 8.68. The Hall–Kier alpha value is -2.59. The fraction of sp³-hybridized carbons (Fsp3) is 0.154. The number of aromatic nitrogens is 1. The fourth-order valence-corrected chi connectivity index (χ4v) is 2.09. The van der Waals surface area contributed by atoms with Crippen LogP contribution in [-0.4, -0.2) is 17.5 Å². The van der Waals surface area contributed by atoms with E-state index in [1.54, 1.807) is 29.6 Å². The number of thiazole rings is 1. The molecule has 0 atom stereocenters. The van der Waals surface area contributed by atoms with Crippen molar-refractivity contribution in [3.05, 3.63) is 35.3 Å². The fourth-order valence-electron chi connectivity index (χ4n) is 1.52. The van der Waals surface area contributed by atoms with Gasteiger partial charge in [-0.3, -0.25) is 4.79 Å². The maximum absolute atomic E-state index is 11.8. The van der Waals surface area contributed by atoms with Crippen LogP contribution < -0.4 is 15.8 Å². The number of ether oxygens (including phenoxy) is 1. The van der Waals surface area contributed by atoms with Gasteiger partial charge in [0, 0.05) is 11.1 Å². The summed E-state index contributed by atoms with van der Waals surface area (Å²) in [6.45, 7) is -0.00302. The van der Waals surface area contributed by atoms with E-state index in [0.717, 1.165) is 0 Å². The number of rotatable bonds is 5. The van der Waals surface area contributed by atoms with E-state index in [4.69, 9.17) is 15.7 Å². The van der Waals surface area contributed by atoms with Gasteiger partial charge in [0.2, 0.25) is 5.91 Å². The molecule has 0 saturated carbocycles. The van der Waals surface area contributed by atoms with Gasteiger partial charge in [0.05, 0.1) is 12.1 Å². The molecule has 1 aromatic heterocycles. The van der Waals surface area contributed by atoms with Gasteiger partial charge in [0.15, 0.2) is 11.7 Å². The molecule has 1 heterocycles. The summed E-state index contributed by atoms with van der Waals surface area (Å²) in [7, 11) is 0. The first-order valence-corrected chi connectivity index (χ1v) is 6.65. The number of carbonyl (C=O) groups excluding carboxylic acids is 1. The topological polar surface area (TPSA) is 101 Å². The summed E-state index contributed by atoms with van der Waals surface area (Å²) in [5.41, 5.74) is 6.81. The largest absolute Gasteiger partial charge is 0.479 e. The van der Waals surface area contributed by atoms with Gasteiger partial charge in [-0.05, 0) is 24.3 Å². The smallest absolute Gasteiger partial charge is 0.230 e. The van der Waals surface area contributed by atoms with Crippen molar-refractivity contribution in [1.82, 2.24) is 4.98 Å². The van der Waals surface area contributed by atoms with Crippen LogP contribution in [0, 0.1) is 11.3 Å². The Balaban J connectivity index is 1.89. The number of nitrogens with one attached hydrogen (secondary N) is 1. The summed E-state index contributed by atoms with van der Waals surface area (Å²) < 4.78 is 5.12. The van der Waals surface area contributed by atoms with Crippen molar-refractivity contribution >= 4 is 28.1 Å². The monoisotopic (exact) mass is 288 g/mol. The number of hydrogen-bond acceptors (Lipinski definition) is 6. The molecule has 0 spiro atoms. The lowest BCUT2D eigenvalue weighted by Crippen LogP contribution is -2.14. The first-order valence-electron chi connectivity index (χ1n) is 5.77. The molecule has 0 aliphatic heterocycles. The molecule has 20 heavy (non-hydrogen) atoms. The number of anilines is 2. The summed E-state index contributed by atoms with van der Waals surface area (Å²) >= 11 is 1.31. The molecule has 2 rings (SSSR count). The molecular formula is C13H12N4O2S. The van der Waals surface area contributed by atoms with Crippen LogP contribution in [0.1, 0.15) is 5.69 Å². The van der Waals surface area contributed by atoms with Crippen LogP contribution >= 0.6 is 11.3 Å². The molecule has 0 bridgehead atoms. The predicted molar refractivity (Wildman–Crippen MR) is 76.4 cm³/mol. The molecule has 0 fully saturated rings. The summed E-state index contributed by atoms with van der Waals surface area (Å²) in [4.78, 5) is 15.8.